The van der Waals surface area contributed by atoms with Gasteiger partial charge in [-0.3, -0.25) is 9.59 Å². The second kappa shape index (κ2) is 10.1. The highest BCUT2D eigenvalue weighted by Gasteiger charge is 2.28. The molecule has 1 heterocycles. The van der Waals surface area contributed by atoms with Gasteiger partial charge in [0.15, 0.2) is 11.5 Å². The monoisotopic (exact) mass is 445 g/mol. The Morgan fingerprint density at radius 1 is 1.06 bits per heavy atom. The van der Waals surface area contributed by atoms with Crippen molar-refractivity contribution < 1.29 is 19.1 Å². The lowest BCUT2D eigenvalue weighted by Crippen LogP contribution is -2.46. The molecule has 0 spiro atoms. The van der Waals surface area contributed by atoms with Gasteiger partial charge in [-0.25, -0.2) is 4.98 Å². The molecular weight excluding hydrogens is 414 g/mol. The van der Waals surface area contributed by atoms with E-state index in [1.165, 1.54) is 11.3 Å². The number of benzene rings is 1. The van der Waals surface area contributed by atoms with Crippen molar-refractivity contribution in [3.8, 4) is 11.5 Å². The van der Waals surface area contributed by atoms with Crippen molar-refractivity contribution in [1.29, 1.82) is 0 Å². The van der Waals surface area contributed by atoms with Gasteiger partial charge in [-0.2, -0.15) is 0 Å². The Hall–Kier alpha value is -2.61. The SMILES string of the molecule is COc1ccccc1OCc1nc(C(=O)NC2CCC(NC(=O)C(C)(C)C)CC2)cs1. The second-order valence-corrected chi connectivity index (χ2v) is 9.75. The zero-order chi connectivity index (χ0) is 22.4. The van der Waals surface area contributed by atoms with E-state index in [-0.39, 0.29) is 35.9 Å². The summed E-state index contributed by atoms with van der Waals surface area (Å²) >= 11 is 1.40. The Morgan fingerprint density at radius 2 is 1.68 bits per heavy atom. The minimum Gasteiger partial charge on any atom is -0.493 e. The largest absolute Gasteiger partial charge is 0.493 e. The van der Waals surface area contributed by atoms with E-state index < -0.39 is 0 Å². The zero-order valence-electron chi connectivity index (χ0n) is 18.6. The van der Waals surface area contributed by atoms with Crippen molar-refractivity contribution in [2.75, 3.05) is 7.11 Å². The van der Waals surface area contributed by atoms with Gasteiger partial charge in [0.25, 0.3) is 5.91 Å². The molecule has 1 fully saturated rings. The Balaban J connectivity index is 1.46. The first-order chi connectivity index (χ1) is 14.8. The van der Waals surface area contributed by atoms with Gasteiger partial charge in [-0.15, -0.1) is 11.3 Å². The number of ether oxygens (including phenoxy) is 2. The number of methoxy groups -OCH3 is 1. The average molecular weight is 446 g/mol. The van der Waals surface area contributed by atoms with E-state index in [2.05, 4.69) is 15.6 Å². The number of nitrogens with one attached hydrogen (secondary N) is 2. The lowest BCUT2D eigenvalue weighted by Gasteiger charge is -2.31. The molecular formula is C23H31N3O4S. The zero-order valence-corrected chi connectivity index (χ0v) is 19.4. The number of nitrogens with zero attached hydrogens (tertiary/aromatic N) is 1. The summed E-state index contributed by atoms with van der Waals surface area (Å²) in [5, 5.41) is 8.68. The molecule has 0 saturated heterocycles. The maximum atomic E-state index is 12.6. The van der Waals surface area contributed by atoms with Crippen LogP contribution in [0.25, 0.3) is 0 Å². The highest BCUT2D eigenvalue weighted by atomic mass is 32.1. The number of hydrogen-bond donors (Lipinski definition) is 2. The molecule has 2 N–H and O–H groups in total. The van der Waals surface area contributed by atoms with Gasteiger partial charge in [0.1, 0.15) is 17.3 Å². The summed E-state index contributed by atoms with van der Waals surface area (Å²) in [4.78, 5) is 29.2. The molecule has 8 heteroatoms. The van der Waals surface area contributed by atoms with Gasteiger partial charge in [-0.05, 0) is 37.8 Å². The van der Waals surface area contributed by atoms with Crippen molar-refractivity contribution in [3.05, 3.63) is 40.3 Å². The molecule has 7 nitrogen and oxygen atoms in total. The molecule has 1 aliphatic rings. The van der Waals surface area contributed by atoms with E-state index in [0.717, 1.165) is 30.7 Å². The number of thiazole rings is 1. The summed E-state index contributed by atoms with van der Waals surface area (Å²) < 4.78 is 11.1. The van der Waals surface area contributed by atoms with Gasteiger partial charge in [-0.1, -0.05) is 32.9 Å². The molecule has 168 valence electrons. The summed E-state index contributed by atoms with van der Waals surface area (Å²) in [5.74, 6) is 1.21. The van der Waals surface area contributed by atoms with Crippen LogP contribution in [0.2, 0.25) is 0 Å². The van der Waals surface area contributed by atoms with Gasteiger partial charge in [0.05, 0.1) is 7.11 Å². The van der Waals surface area contributed by atoms with E-state index >= 15 is 0 Å². The number of rotatable bonds is 7. The standard InChI is InChI=1S/C23H31N3O4S/c1-23(2,3)22(28)25-16-11-9-15(10-12-16)24-21(27)17-14-31-20(26-17)13-30-19-8-6-5-7-18(19)29-4/h5-8,14-16H,9-13H2,1-4H3,(H,24,27)(H,25,28). The van der Waals surface area contributed by atoms with Crippen molar-refractivity contribution in [2.24, 2.45) is 5.41 Å². The van der Waals surface area contributed by atoms with Crippen molar-refractivity contribution in [2.45, 2.75) is 65.1 Å². The molecule has 0 unspecified atom stereocenters. The number of carbonyl (C=O) groups excluding carboxylic acids is 2. The first-order valence-electron chi connectivity index (χ1n) is 10.6. The third-order valence-corrected chi connectivity index (χ3v) is 6.11. The van der Waals surface area contributed by atoms with Crippen LogP contribution in [-0.2, 0) is 11.4 Å². The van der Waals surface area contributed by atoms with Crippen LogP contribution in [-0.4, -0.2) is 36.0 Å². The first-order valence-corrected chi connectivity index (χ1v) is 11.5. The quantitative estimate of drug-likeness (QED) is 0.674. The minimum atomic E-state index is -0.386. The smallest absolute Gasteiger partial charge is 0.270 e. The first kappa shape index (κ1) is 23.1. The molecule has 0 aliphatic heterocycles. The van der Waals surface area contributed by atoms with Gasteiger partial charge in [0.2, 0.25) is 5.91 Å². The highest BCUT2D eigenvalue weighted by Crippen LogP contribution is 2.27. The summed E-state index contributed by atoms with van der Waals surface area (Å²) in [7, 11) is 1.60. The molecule has 1 aliphatic carbocycles. The molecule has 0 radical (unpaired) electrons. The normalized spacial score (nSPS) is 18.8. The third-order valence-electron chi connectivity index (χ3n) is 5.28. The average Bonchev–Trinajstić information content (AvgIpc) is 3.22. The molecule has 0 bridgehead atoms. The molecule has 3 rings (SSSR count). The van der Waals surface area contributed by atoms with E-state index in [0.29, 0.717) is 17.2 Å². The molecule has 31 heavy (non-hydrogen) atoms. The maximum absolute atomic E-state index is 12.6. The Morgan fingerprint density at radius 3 is 2.29 bits per heavy atom. The van der Waals surface area contributed by atoms with Crippen molar-refractivity contribution >= 4 is 23.2 Å². The second-order valence-electron chi connectivity index (χ2n) is 8.81. The third kappa shape index (κ3) is 6.43. The van der Waals surface area contributed by atoms with E-state index in [9.17, 15) is 9.59 Å². The van der Waals surface area contributed by atoms with Gasteiger partial charge < -0.3 is 20.1 Å². The Bertz CT molecular complexity index is 898. The summed E-state index contributed by atoms with van der Waals surface area (Å²) in [6.07, 6.45) is 3.41. The van der Waals surface area contributed by atoms with Gasteiger partial charge >= 0.3 is 0 Å². The van der Waals surface area contributed by atoms with Crippen LogP contribution in [0.3, 0.4) is 0 Å². The van der Waals surface area contributed by atoms with Crippen LogP contribution in [0.1, 0.15) is 62.0 Å². The summed E-state index contributed by atoms with van der Waals surface area (Å²) in [6.45, 7) is 6.02. The van der Waals surface area contributed by atoms with Crippen LogP contribution in [0, 0.1) is 5.41 Å². The van der Waals surface area contributed by atoms with Crippen LogP contribution in [0.5, 0.6) is 11.5 Å². The molecule has 1 saturated carbocycles. The van der Waals surface area contributed by atoms with Crippen LogP contribution < -0.4 is 20.1 Å². The van der Waals surface area contributed by atoms with Crippen LogP contribution in [0.4, 0.5) is 0 Å². The Kier molecular flexibility index (Phi) is 7.54. The van der Waals surface area contributed by atoms with Crippen molar-refractivity contribution in [3.63, 3.8) is 0 Å². The lowest BCUT2D eigenvalue weighted by atomic mass is 9.89. The van der Waals surface area contributed by atoms with Gasteiger partial charge in [0, 0.05) is 22.9 Å². The summed E-state index contributed by atoms with van der Waals surface area (Å²) in [5.41, 5.74) is 0.0229. The molecule has 1 aromatic carbocycles. The van der Waals surface area contributed by atoms with E-state index in [1.807, 2.05) is 45.0 Å². The molecule has 1 aromatic heterocycles. The fourth-order valence-corrected chi connectivity index (χ4v) is 4.09. The lowest BCUT2D eigenvalue weighted by molar-refractivity contribution is -0.129. The molecule has 0 atom stereocenters. The van der Waals surface area contributed by atoms with E-state index in [4.69, 9.17) is 9.47 Å². The highest BCUT2D eigenvalue weighted by molar-refractivity contribution is 7.09. The molecule has 2 amide bonds. The fraction of sp³-hybridized carbons (Fsp3) is 0.522. The number of aromatic nitrogens is 1. The van der Waals surface area contributed by atoms with E-state index in [1.54, 1.807) is 12.5 Å². The summed E-state index contributed by atoms with van der Waals surface area (Å²) in [6, 6.07) is 7.70. The maximum Gasteiger partial charge on any atom is 0.270 e. The van der Waals surface area contributed by atoms with Crippen molar-refractivity contribution in [1.82, 2.24) is 15.6 Å². The predicted molar refractivity (Wildman–Crippen MR) is 121 cm³/mol. The van der Waals surface area contributed by atoms with Crippen LogP contribution >= 0.6 is 11.3 Å². The number of hydrogen-bond acceptors (Lipinski definition) is 6. The number of amides is 2. The predicted octanol–water partition coefficient (Wildman–Crippen LogP) is 3.93. The fourth-order valence-electron chi connectivity index (χ4n) is 3.40. The van der Waals surface area contributed by atoms with Crippen LogP contribution in [0.15, 0.2) is 29.6 Å². The Labute approximate surface area is 187 Å². The number of para-hydroxylation sites is 2. The topological polar surface area (TPSA) is 89.6 Å². The number of carbonyl (C=O) groups is 2. The minimum absolute atomic E-state index is 0.0744. The molecule has 2 aromatic rings.